The van der Waals surface area contributed by atoms with E-state index >= 15 is 0 Å². The van der Waals surface area contributed by atoms with Crippen molar-refractivity contribution < 1.29 is 0 Å². The highest BCUT2D eigenvalue weighted by atomic mass is 32.1. The molecule has 1 aliphatic rings. The van der Waals surface area contributed by atoms with Crippen LogP contribution in [0.4, 0.5) is 0 Å². The number of thiocarbonyl (C=S) groups is 2. The lowest BCUT2D eigenvalue weighted by Crippen LogP contribution is -2.48. The molecule has 68 valence electrons. The molecule has 1 saturated heterocycles. The van der Waals surface area contributed by atoms with Crippen LogP contribution in [0.5, 0.6) is 0 Å². The largest absolute Gasteiger partial charge is 0.363 e. The fourth-order valence-corrected chi connectivity index (χ4v) is 1.70. The van der Waals surface area contributed by atoms with Gasteiger partial charge in [-0.1, -0.05) is 24.4 Å². The average Bonchev–Trinajstić information content (AvgIpc) is 2.04. The van der Waals surface area contributed by atoms with Gasteiger partial charge in [-0.3, -0.25) is 0 Å². The molecule has 0 aromatic heterocycles. The first-order valence-electron chi connectivity index (χ1n) is 4.12. The van der Waals surface area contributed by atoms with Crippen molar-refractivity contribution in [2.45, 2.75) is 13.8 Å². The minimum atomic E-state index is 0.997. The van der Waals surface area contributed by atoms with Crippen LogP contribution in [-0.2, 0) is 0 Å². The molecule has 0 aromatic carbocycles. The SMILES string of the molecule is CC(=S)N1CCN(C(C)=S)CC1. The Kier molecular flexibility index (Phi) is 3.40. The first kappa shape index (κ1) is 9.86. The maximum absolute atomic E-state index is 5.09. The van der Waals surface area contributed by atoms with Gasteiger partial charge in [0.05, 0.1) is 9.98 Å². The van der Waals surface area contributed by atoms with Gasteiger partial charge < -0.3 is 9.80 Å². The van der Waals surface area contributed by atoms with Gasteiger partial charge in [-0.25, -0.2) is 0 Å². The van der Waals surface area contributed by atoms with Crippen molar-refractivity contribution in [1.82, 2.24) is 9.80 Å². The summed E-state index contributed by atoms with van der Waals surface area (Å²) < 4.78 is 0. The van der Waals surface area contributed by atoms with Gasteiger partial charge in [0.25, 0.3) is 0 Å². The van der Waals surface area contributed by atoms with E-state index in [1.54, 1.807) is 0 Å². The zero-order valence-electron chi connectivity index (χ0n) is 7.54. The Labute approximate surface area is 84.5 Å². The second kappa shape index (κ2) is 4.14. The lowest BCUT2D eigenvalue weighted by atomic mass is 10.3. The molecule has 1 fully saturated rings. The summed E-state index contributed by atoms with van der Waals surface area (Å²) in [4.78, 5) is 6.45. The van der Waals surface area contributed by atoms with Crippen LogP contribution in [0.15, 0.2) is 0 Å². The maximum Gasteiger partial charge on any atom is 0.0749 e. The first-order chi connectivity index (χ1) is 5.61. The quantitative estimate of drug-likeness (QED) is 0.546. The number of nitrogens with zero attached hydrogens (tertiary/aromatic N) is 2. The Bertz CT molecular complexity index is 173. The van der Waals surface area contributed by atoms with Gasteiger partial charge in [-0.05, 0) is 13.8 Å². The predicted octanol–water partition coefficient (Wildman–Crippen LogP) is 1.30. The van der Waals surface area contributed by atoms with E-state index in [9.17, 15) is 0 Å². The van der Waals surface area contributed by atoms with Crippen LogP contribution < -0.4 is 0 Å². The molecule has 0 N–H and O–H groups in total. The Morgan fingerprint density at radius 2 is 1.08 bits per heavy atom. The topological polar surface area (TPSA) is 6.48 Å². The van der Waals surface area contributed by atoms with Gasteiger partial charge >= 0.3 is 0 Å². The van der Waals surface area contributed by atoms with Gasteiger partial charge in [0.1, 0.15) is 0 Å². The molecule has 0 saturated carbocycles. The van der Waals surface area contributed by atoms with Crippen LogP contribution in [0.1, 0.15) is 13.8 Å². The fourth-order valence-electron chi connectivity index (χ4n) is 1.34. The first-order valence-corrected chi connectivity index (χ1v) is 4.94. The minimum Gasteiger partial charge on any atom is -0.363 e. The smallest absolute Gasteiger partial charge is 0.0749 e. The summed E-state index contributed by atoms with van der Waals surface area (Å²) in [5.74, 6) is 0. The summed E-state index contributed by atoms with van der Waals surface area (Å²) in [6, 6.07) is 0. The van der Waals surface area contributed by atoms with Crippen LogP contribution in [-0.4, -0.2) is 46.0 Å². The molecule has 1 rings (SSSR count). The molecule has 0 amide bonds. The molecule has 1 aliphatic heterocycles. The average molecular weight is 202 g/mol. The third-order valence-corrected chi connectivity index (χ3v) is 2.69. The van der Waals surface area contributed by atoms with Crippen molar-refractivity contribution in [2.24, 2.45) is 0 Å². The van der Waals surface area contributed by atoms with Gasteiger partial charge in [0, 0.05) is 26.2 Å². The van der Waals surface area contributed by atoms with Crippen molar-refractivity contribution in [3.8, 4) is 0 Å². The summed E-state index contributed by atoms with van der Waals surface area (Å²) in [5, 5.41) is 0. The van der Waals surface area contributed by atoms with Crippen LogP contribution in [0.25, 0.3) is 0 Å². The number of hydrogen-bond donors (Lipinski definition) is 0. The van der Waals surface area contributed by atoms with Gasteiger partial charge in [0.2, 0.25) is 0 Å². The number of piperazine rings is 1. The summed E-state index contributed by atoms with van der Waals surface area (Å²) in [6.45, 7) is 8.03. The molecule has 12 heavy (non-hydrogen) atoms. The van der Waals surface area contributed by atoms with Crippen LogP contribution in [0, 0.1) is 0 Å². The van der Waals surface area contributed by atoms with Crippen molar-refractivity contribution in [3.05, 3.63) is 0 Å². The fraction of sp³-hybridized carbons (Fsp3) is 0.750. The second-order valence-electron chi connectivity index (χ2n) is 3.01. The highest BCUT2D eigenvalue weighted by Gasteiger charge is 2.16. The number of rotatable bonds is 0. The maximum atomic E-state index is 5.09. The number of hydrogen-bond acceptors (Lipinski definition) is 2. The van der Waals surface area contributed by atoms with E-state index in [4.69, 9.17) is 24.4 Å². The van der Waals surface area contributed by atoms with Crippen LogP contribution in [0.2, 0.25) is 0 Å². The lowest BCUT2D eigenvalue weighted by molar-refractivity contribution is 0.263. The van der Waals surface area contributed by atoms with E-state index < -0.39 is 0 Å². The van der Waals surface area contributed by atoms with E-state index in [1.165, 1.54) is 0 Å². The van der Waals surface area contributed by atoms with E-state index in [-0.39, 0.29) is 0 Å². The Hall–Kier alpha value is -0.220. The molecule has 0 bridgehead atoms. The van der Waals surface area contributed by atoms with Gasteiger partial charge in [0.15, 0.2) is 0 Å². The second-order valence-corrected chi connectivity index (χ2v) is 4.19. The molecule has 0 spiro atoms. The van der Waals surface area contributed by atoms with Crippen molar-refractivity contribution in [2.75, 3.05) is 26.2 Å². The molecular weight excluding hydrogens is 188 g/mol. The van der Waals surface area contributed by atoms with Crippen molar-refractivity contribution in [3.63, 3.8) is 0 Å². The zero-order valence-corrected chi connectivity index (χ0v) is 9.17. The lowest BCUT2D eigenvalue weighted by Gasteiger charge is -2.36. The molecule has 0 aliphatic carbocycles. The third-order valence-electron chi connectivity index (χ3n) is 2.17. The normalized spacial score (nSPS) is 17.8. The predicted molar refractivity (Wildman–Crippen MR) is 59.7 cm³/mol. The van der Waals surface area contributed by atoms with E-state index in [0.717, 1.165) is 36.2 Å². The van der Waals surface area contributed by atoms with E-state index in [0.29, 0.717) is 0 Å². The molecule has 0 aromatic rings. The highest BCUT2D eigenvalue weighted by molar-refractivity contribution is 7.80. The summed E-state index contributed by atoms with van der Waals surface area (Å²) in [7, 11) is 0. The van der Waals surface area contributed by atoms with Crippen LogP contribution in [0.3, 0.4) is 0 Å². The van der Waals surface area contributed by atoms with E-state index in [1.807, 2.05) is 13.8 Å². The monoisotopic (exact) mass is 202 g/mol. The minimum absolute atomic E-state index is 0.997. The molecule has 0 atom stereocenters. The van der Waals surface area contributed by atoms with Gasteiger partial charge in [-0.2, -0.15) is 0 Å². The molecule has 0 unspecified atom stereocenters. The molecule has 0 radical (unpaired) electrons. The Balaban J connectivity index is 2.39. The molecule has 1 heterocycles. The highest BCUT2D eigenvalue weighted by Crippen LogP contribution is 2.03. The molecular formula is C8H14N2S2. The summed E-state index contributed by atoms with van der Waals surface area (Å²) in [5.41, 5.74) is 0. The Morgan fingerprint density at radius 1 is 0.833 bits per heavy atom. The van der Waals surface area contributed by atoms with Gasteiger partial charge in [-0.15, -0.1) is 0 Å². The van der Waals surface area contributed by atoms with E-state index in [2.05, 4.69) is 9.80 Å². The summed E-state index contributed by atoms with van der Waals surface area (Å²) >= 11 is 10.2. The molecule has 2 nitrogen and oxygen atoms in total. The summed E-state index contributed by atoms with van der Waals surface area (Å²) in [6.07, 6.45) is 0. The van der Waals surface area contributed by atoms with Crippen molar-refractivity contribution >= 4 is 34.4 Å². The van der Waals surface area contributed by atoms with Crippen LogP contribution >= 0.6 is 24.4 Å². The standard InChI is InChI=1S/C8H14N2S2/c1-7(11)9-3-5-10(6-4-9)8(2)12/h3-6H2,1-2H3. The third kappa shape index (κ3) is 2.38. The molecule has 4 heteroatoms. The zero-order chi connectivity index (χ0) is 9.14. The van der Waals surface area contributed by atoms with Crippen molar-refractivity contribution in [1.29, 1.82) is 0 Å². The Morgan fingerprint density at radius 3 is 1.25 bits per heavy atom.